The number of nitrogens with zero attached hydrogens (tertiary/aromatic N) is 3. The number of amides is 1. The van der Waals surface area contributed by atoms with Crippen LogP contribution >= 0.6 is 0 Å². The lowest BCUT2D eigenvalue weighted by Gasteiger charge is -2.21. The molecule has 0 aromatic carbocycles. The molecule has 1 aromatic rings. The summed E-state index contributed by atoms with van der Waals surface area (Å²) >= 11 is 0. The number of hydrogen-bond donors (Lipinski definition) is 1. The monoisotopic (exact) mass is 208 g/mol. The molecule has 1 aliphatic carbocycles. The number of carbonyl (C=O) groups excluding carboxylic acids is 1. The summed E-state index contributed by atoms with van der Waals surface area (Å²) in [5.74, 6) is 0.645. The van der Waals surface area contributed by atoms with Crippen LogP contribution in [0.5, 0.6) is 0 Å². The Labute approximate surface area is 88.9 Å². The second kappa shape index (κ2) is 4.91. The molecule has 1 heterocycles. The van der Waals surface area contributed by atoms with Crippen molar-refractivity contribution in [3.8, 4) is 0 Å². The van der Waals surface area contributed by atoms with Crippen LogP contribution in [0.1, 0.15) is 32.1 Å². The van der Waals surface area contributed by atoms with E-state index in [-0.39, 0.29) is 6.03 Å². The van der Waals surface area contributed by atoms with Crippen LogP contribution in [0.2, 0.25) is 0 Å². The van der Waals surface area contributed by atoms with Crippen LogP contribution in [0.4, 0.5) is 4.79 Å². The van der Waals surface area contributed by atoms with Crippen molar-refractivity contribution in [1.29, 1.82) is 0 Å². The van der Waals surface area contributed by atoms with E-state index in [1.165, 1.54) is 43.0 Å². The Balaban J connectivity index is 1.75. The molecular formula is C10H16N4O. The van der Waals surface area contributed by atoms with Gasteiger partial charge in [-0.05, 0) is 18.8 Å². The van der Waals surface area contributed by atoms with Gasteiger partial charge in [0.2, 0.25) is 0 Å². The van der Waals surface area contributed by atoms with E-state index in [4.69, 9.17) is 0 Å². The minimum atomic E-state index is -0.182. The number of aromatic nitrogens is 3. The van der Waals surface area contributed by atoms with E-state index in [9.17, 15) is 4.79 Å². The average molecular weight is 208 g/mol. The predicted octanol–water partition coefficient (Wildman–Crippen LogP) is 1.42. The summed E-state index contributed by atoms with van der Waals surface area (Å²) in [6.45, 7) is 0.763. The summed E-state index contributed by atoms with van der Waals surface area (Å²) in [5, 5.41) is 10.1. The lowest BCUT2D eigenvalue weighted by Crippen LogP contribution is -2.33. The summed E-state index contributed by atoms with van der Waals surface area (Å²) in [4.78, 5) is 11.5. The van der Waals surface area contributed by atoms with Gasteiger partial charge in [0, 0.05) is 6.54 Å². The fourth-order valence-electron chi connectivity index (χ4n) is 2.02. The van der Waals surface area contributed by atoms with Crippen molar-refractivity contribution in [2.45, 2.75) is 32.1 Å². The van der Waals surface area contributed by atoms with Gasteiger partial charge in [0.1, 0.15) is 0 Å². The fourth-order valence-corrected chi connectivity index (χ4v) is 2.02. The zero-order valence-corrected chi connectivity index (χ0v) is 8.72. The molecule has 1 fully saturated rings. The molecular weight excluding hydrogens is 192 g/mol. The third kappa shape index (κ3) is 2.78. The zero-order valence-electron chi connectivity index (χ0n) is 8.72. The van der Waals surface area contributed by atoms with Crippen LogP contribution < -0.4 is 5.32 Å². The molecule has 0 aliphatic heterocycles. The summed E-state index contributed by atoms with van der Waals surface area (Å²) in [7, 11) is 0. The SMILES string of the molecule is O=C(NCC1CCCCC1)n1ccnn1. The Morgan fingerprint density at radius 3 is 2.87 bits per heavy atom. The van der Waals surface area contributed by atoms with Crippen molar-refractivity contribution in [2.75, 3.05) is 6.54 Å². The van der Waals surface area contributed by atoms with Gasteiger partial charge in [-0.1, -0.05) is 24.5 Å². The minimum absolute atomic E-state index is 0.182. The third-order valence-corrected chi connectivity index (χ3v) is 2.90. The molecule has 1 amide bonds. The first-order valence-corrected chi connectivity index (χ1v) is 5.51. The Kier molecular flexibility index (Phi) is 3.32. The van der Waals surface area contributed by atoms with Crippen LogP contribution in [-0.2, 0) is 0 Å². The highest BCUT2D eigenvalue weighted by atomic mass is 16.2. The number of rotatable bonds is 2. The molecule has 0 radical (unpaired) electrons. The molecule has 0 unspecified atom stereocenters. The van der Waals surface area contributed by atoms with Crippen molar-refractivity contribution in [2.24, 2.45) is 5.92 Å². The summed E-state index contributed by atoms with van der Waals surface area (Å²) in [6, 6.07) is -0.182. The molecule has 5 nitrogen and oxygen atoms in total. The Morgan fingerprint density at radius 2 is 2.20 bits per heavy atom. The molecule has 0 atom stereocenters. The van der Waals surface area contributed by atoms with Gasteiger partial charge < -0.3 is 5.32 Å². The molecule has 1 aromatic heterocycles. The molecule has 2 rings (SSSR count). The lowest BCUT2D eigenvalue weighted by molar-refractivity contribution is 0.234. The van der Waals surface area contributed by atoms with Crippen LogP contribution in [0.3, 0.4) is 0 Å². The van der Waals surface area contributed by atoms with Gasteiger partial charge in [0.15, 0.2) is 0 Å². The van der Waals surface area contributed by atoms with E-state index >= 15 is 0 Å². The molecule has 15 heavy (non-hydrogen) atoms. The maximum absolute atomic E-state index is 11.5. The van der Waals surface area contributed by atoms with Crippen LogP contribution in [-0.4, -0.2) is 27.6 Å². The molecule has 1 aliphatic rings. The summed E-state index contributed by atoms with van der Waals surface area (Å²) < 4.78 is 1.23. The second-order valence-electron chi connectivity index (χ2n) is 4.04. The smallest absolute Gasteiger partial charge is 0.336 e. The maximum atomic E-state index is 11.5. The Hall–Kier alpha value is -1.39. The Bertz CT molecular complexity index is 303. The molecule has 1 saturated carbocycles. The van der Waals surface area contributed by atoms with E-state index in [0.29, 0.717) is 5.92 Å². The fraction of sp³-hybridized carbons (Fsp3) is 0.700. The minimum Gasteiger partial charge on any atom is -0.336 e. The van der Waals surface area contributed by atoms with Gasteiger partial charge in [-0.3, -0.25) is 0 Å². The highest BCUT2D eigenvalue weighted by molar-refractivity contribution is 5.75. The average Bonchev–Trinajstić information content (AvgIpc) is 2.81. The van der Waals surface area contributed by atoms with Gasteiger partial charge in [0.05, 0.1) is 12.4 Å². The van der Waals surface area contributed by atoms with E-state index in [2.05, 4.69) is 15.6 Å². The molecule has 5 heteroatoms. The van der Waals surface area contributed by atoms with Gasteiger partial charge >= 0.3 is 6.03 Å². The van der Waals surface area contributed by atoms with E-state index < -0.39 is 0 Å². The maximum Gasteiger partial charge on any atom is 0.343 e. The molecule has 0 spiro atoms. The normalized spacial score (nSPS) is 17.6. The summed E-state index contributed by atoms with van der Waals surface area (Å²) in [6.07, 6.45) is 9.45. The van der Waals surface area contributed by atoms with Gasteiger partial charge in [-0.2, -0.15) is 4.68 Å². The first kappa shape index (κ1) is 10.1. The predicted molar refractivity (Wildman–Crippen MR) is 55.4 cm³/mol. The third-order valence-electron chi connectivity index (χ3n) is 2.90. The van der Waals surface area contributed by atoms with Crippen molar-refractivity contribution in [3.05, 3.63) is 12.4 Å². The van der Waals surface area contributed by atoms with Crippen LogP contribution in [0.25, 0.3) is 0 Å². The number of nitrogens with one attached hydrogen (secondary N) is 1. The molecule has 0 bridgehead atoms. The van der Waals surface area contributed by atoms with Crippen molar-refractivity contribution in [1.82, 2.24) is 20.3 Å². The topological polar surface area (TPSA) is 59.8 Å². The molecule has 1 N–H and O–H groups in total. The lowest BCUT2D eigenvalue weighted by atomic mass is 9.89. The van der Waals surface area contributed by atoms with Crippen LogP contribution in [0, 0.1) is 5.92 Å². The van der Waals surface area contributed by atoms with Crippen molar-refractivity contribution >= 4 is 6.03 Å². The zero-order chi connectivity index (χ0) is 10.5. The molecule has 82 valence electrons. The van der Waals surface area contributed by atoms with E-state index in [0.717, 1.165) is 6.54 Å². The Morgan fingerprint density at radius 1 is 1.40 bits per heavy atom. The highest BCUT2D eigenvalue weighted by Gasteiger charge is 2.14. The van der Waals surface area contributed by atoms with Crippen LogP contribution in [0.15, 0.2) is 12.4 Å². The quantitative estimate of drug-likeness (QED) is 0.799. The van der Waals surface area contributed by atoms with Gasteiger partial charge in [-0.15, -0.1) is 5.10 Å². The second-order valence-corrected chi connectivity index (χ2v) is 4.04. The first-order chi connectivity index (χ1) is 7.36. The van der Waals surface area contributed by atoms with Crippen molar-refractivity contribution < 1.29 is 4.79 Å². The van der Waals surface area contributed by atoms with E-state index in [1.54, 1.807) is 6.20 Å². The van der Waals surface area contributed by atoms with Gasteiger partial charge in [-0.25, -0.2) is 4.79 Å². The van der Waals surface area contributed by atoms with Gasteiger partial charge in [0.25, 0.3) is 0 Å². The van der Waals surface area contributed by atoms with Crippen molar-refractivity contribution in [3.63, 3.8) is 0 Å². The largest absolute Gasteiger partial charge is 0.343 e. The standard InChI is InChI=1S/C10H16N4O/c15-10(14-7-6-12-13-14)11-8-9-4-2-1-3-5-9/h6-7,9H,1-5,8H2,(H,11,15). The van der Waals surface area contributed by atoms with E-state index in [1.807, 2.05) is 0 Å². The first-order valence-electron chi connectivity index (χ1n) is 5.51. The number of hydrogen-bond acceptors (Lipinski definition) is 3. The summed E-state index contributed by atoms with van der Waals surface area (Å²) in [5.41, 5.74) is 0. The highest BCUT2D eigenvalue weighted by Crippen LogP contribution is 2.22. The number of carbonyl (C=O) groups is 1. The molecule has 0 saturated heterocycles.